The molecule has 3 aromatic carbocycles. The third kappa shape index (κ3) is 5.97. The van der Waals surface area contributed by atoms with Crippen LogP contribution in [0, 0.1) is 10.1 Å². The number of amides is 1. The SMILES string of the molecule is COc1ccc(NC(=O)CSc2nnc(-c3ccc(C(C)(C)C)cc3)n2-c2ccccc2)c([N+](=O)[O-])c1. The number of rotatable bonds is 8. The number of nitrogens with zero attached hydrogens (tertiary/aromatic N) is 4. The lowest BCUT2D eigenvalue weighted by molar-refractivity contribution is -0.384. The Morgan fingerprint density at radius 2 is 1.76 bits per heavy atom. The van der Waals surface area contributed by atoms with Crippen LogP contribution in [0.2, 0.25) is 0 Å². The van der Waals surface area contributed by atoms with E-state index in [0.29, 0.717) is 16.7 Å². The fraction of sp³-hybridized carbons (Fsp3) is 0.222. The van der Waals surface area contributed by atoms with Crippen LogP contribution in [0.25, 0.3) is 17.1 Å². The molecule has 10 heteroatoms. The van der Waals surface area contributed by atoms with Gasteiger partial charge in [0.1, 0.15) is 11.4 Å². The summed E-state index contributed by atoms with van der Waals surface area (Å²) in [5.41, 5.74) is 2.84. The van der Waals surface area contributed by atoms with Crippen molar-refractivity contribution in [3.05, 3.63) is 88.5 Å². The van der Waals surface area contributed by atoms with Crippen LogP contribution in [0.4, 0.5) is 11.4 Å². The lowest BCUT2D eigenvalue weighted by atomic mass is 9.87. The molecule has 1 N–H and O–H groups in total. The van der Waals surface area contributed by atoms with E-state index >= 15 is 0 Å². The molecule has 9 nitrogen and oxygen atoms in total. The summed E-state index contributed by atoms with van der Waals surface area (Å²) in [7, 11) is 1.42. The molecule has 0 unspecified atom stereocenters. The number of nitro benzene ring substituents is 1. The summed E-state index contributed by atoms with van der Waals surface area (Å²) in [6.45, 7) is 6.48. The van der Waals surface area contributed by atoms with Gasteiger partial charge in [-0.1, -0.05) is 75.0 Å². The third-order valence-corrected chi connectivity index (χ3v) is 6.59. The Kier molecular flexibility index (Phi) is 7.58. The minimum atomic E-state index is -0.561. The van der Waals surface area contributed by atoms with Crippen molar-refractivity contribution in [1.29, 1.82) is 0 Å². The maximum absolute atomic E-state index is 12.7. The van der Waals surface area contributed by atoms with Crippen molar-refractivity contribution in [3.63, 3.8) is 0 Å². The number of nitro groups is 1. The van der Waals surface area contributed by atoms with Crippen molar-refractivity contribution in [2.75, 3.05) is 18.2 Å². The Morgan fingerprint density at radius 3 is 2.38 bits per heavy atom. The van der Waals surface area contributed by atoms with E-state index in [-0.39, 0.29) is 22.5 Å². The molecule has 0 aliphatic heterocycles. The van der Waals surface area contributed by atoms with E-state index in [4.69, 9.17) is 4.74 Å². The average molecular weight is 518 g/mol. The number of hydrogen-bond donors (Lipinski definition) is 1. The van der Waals surface area contributed by atoms with Crippen LogP contribution in [0.3, 0.4) is 0 Å². The molecule has 0 spiro atoms. The number of para-hydroxylation sites is 1. The fourth-order valence-corrected chi connectivity index (χ4v) is 4.44. The number of thioether (sulfide) groups is 1. The summed E-state index contributed by atoms with van der Waals surface area (Å²) in [5, 5.41) is 23.4. The van der Waals surface area contributed by atoms with Gasteiger partial charge in [-0.05, 0) is 35.2 Å². The van der Waals surface area contributed by atoms with E-state index in [2.05, 4.69) is 48.4 Å². The van der Waals surface area contributed by atoms with Crippen molar-refractivity contribution < 1.29 is 14.5 Å². The maximum atomic E-state index is 12.7. The van der Waals surface area contributed by atoms with Crippen LogP contribution in [0.1, 0.15) is 26.3 Å². The minimum absolute atomic E-state index is 0.0168. The van der Waals surface area contributed by atoms with Crippen LogP contribution in [-0.2, 0) is 10.2 Å². The Balaban J connectivity index is 1.59. The number of carbonyl (C=O) groups is 1. The standard InChI is InChI=1S/C27H27N5O4S/c1-27(2,3)19-12-10-18(11-13-19)25-29-30-26(31(25)20-8-6-5-7-9-20)37-17-24(33)28-22-15-14-21(36-4)16-23(22)32(34)35/h5-16H,17H2,1-4H3,(H,28,33). The molecule has 0 aliphatic rings. The smallest absolute Gasteiger partial charge is 0.296 e. The van der Waals surface area contributed by atoms with E-state index in [1.54, 1.807) is 6.07 Å². The zero-order valence-corrected chi connectivity index (χ0v) is 21.8. The molecule has 1 amide bonds. The Bertz CT molecular complexity index is 1410. The number of nitrogens with one attached hydrogen (secondary N) is 1. The van der Waals surface area contributed by atoms with Crippen molar-refractivity contribution in [1.82, 2.24) is 14.8 Å². The monoisotopic (exact) mass is 517 g/mol. The number of ether oxygens (including phenoxy) is 1. The summed E-state index contributed by atoms with van der Waals surface area (Å²) < 4.78 is 6.95. The summed E-state index contributed by atoms with van der Waals surface area (Å²) >= 11 is 1.20. The van der Waals surface area contributed by atoms with Crippen molar-refractivity contribution in [2.24, 2.45) is 0 Å². The van der Waals surface area contributed by atoms with Gasteiger partial charge in [0.05, 0.1) is 23.9 Å². The highest BCUT2D eigenvalue weighted by Gasteiger charge is 2.21. The van der Waals surface area contributed by atoms with Crippen LogP contribution in [0.15, 0.2) is 78.0 Å². The van der Waals surface area contributed by atoms with Crippen molar-refractivity contribution in [2.45, 2.75) is 31.3 Å². The predicted octanol–water partition coefficient (Wildman–Crippen LogP) is 5.88. The second-order valence-corrected chi connectivity index (χ2v) is 10.2. The van der Waals surface area contributed by atoms with E-state index in [1.807, 2.05) is 47.0 Å². The molecule has 1 heterocycles. The molecule has 4 aromatic rings. The molecule has 0 radical (unpaired) electrons. The van der Waals surface area contributed by atoms with Gasteiger partial charge in [-0.25, -0.2) is 0 Å². The fourth-order valence-electron chi connectivity index (χ4n) is 3.69. The Labute approximate surface area is 219 Å². The molecule has 0 atom stereocenters. The summed E-state index contributed by atoms with van der Waals surface area (Å²) in [4.78, 5) is 23.6. The van der Waals surface area contributed by atoms with E-state index in [0.717, 1.165) is 11.3 Å². The van der Waals surface area contributed by atoms with Crippen LogP contribution >= 0.6 is 11.8 Å². The Hall–Kier alpha value is -4.18. The molecule has 0 bridgehead atoms. The van der Waals surface area contributed by atoms with Gasteiger partial charge >= 0.3 is 0 Å². The number of benzene rings is 3. The Morgan fingerprint density at radius 1 is 1.05 bits per heavy atom. The van der Waals surface area contributed by atoms with Gasteiger partial charge in [-0.15, -0.1) is 10.2 Å². The highest BCUT2D eigenvalue weighted by Crippen LogP contribution is 2.31. The zero-order chi connectivity index (χ0) is 26.6. The van der Waals surface area contributed by atoms with Gasteiger partial charge in [0.25, 0.3) is 5.69 Å². The summed E-state index contributed by atoms with van der Waals surface area (Å²) in [6.07, 6.45) is 0. The quantitative estimate of drug-likeness (QED) is 0.176. The molecule has 4 rings (SSSR count). The lowest BCUT2D eigenvalue weighted by Gasteiger charge is -2.19. The molecule has 0 fully saturated rings. The van der Waals surface area contributed by atoms with Gasteiger partial charge in [-0.2, -0.15) is 0 Å². The lowest BCUT2D eigenvalue weighted by Crippen LogP contribution is -2.15. The molecule has 0 aliphatic carbocycles. The molecule has 1 aromatic heterocycles. The number of hydrogen-bond acceptors (Lipinski definition) is 7. The zero-order valence-electron chi connectivity index (χ0n) is 21.0. The highest BCUT2D eigenvalue weighted by atomic mass is 32.2. The second kappa shape index (κ2) is 10.8. The van der Waals surface area contributed by atoms with Crippen molar-refractivity contribution >= 4 is 29.0 Å². The van der Waals surface area contributed by atoms with Crippen LogP contribution < -0.4 is 10.1 Å². The van der Waals surface area contributed by atoms with E-state index in [9.17, 15) is 14.9 Å². The normalized spacial score (nSPS) is 11.2. The molecule has 190 valence electrons. The highest BCUT2D eigenvalue weighted by molar-refractivity contribution is 7.99. The molecule has 0 saturated carbocycles. The molecular formula is C27H27N5O4S. The molecular weight excluding hydrogens is 490 g/mol. The molecule has 0 saturated heterocycles. The van der Waals surface area contributed by atoms with Gasteiger partial charge in [0.15, 0.2) is 11.0 Å². The number of methoxy groups -OCH3 is 1. The van der Waals surface area contributed by atoms with Gasteiger partial charge in [-0.3, -0.25) is 19.5 Å². The maximum Gasteiger partial charge on any atom is 0.296 e. The van der Waals surface area contributed by atoms with Crippen molar-refractivity contribution in [3.8, 4) is 22.8 Å². The van der Waals surface area contributed by atoms with Gasteiger partial charge < -0.3 is 10.1 Å². The summed E-state index contributed by atoms with van der Waals surface area (Å²) in [5.74, 6) is 0.562. The van der Waals surface area contributed by atoms with Crippen LogP contribution in [0.5, 0.6) is 5.75 Å². The first-order valence-corrected chi connectivity index (χ1v) is 12.5. The van der Waals surface area contributed by atoms with Crippen LogP contribution in [-0.4, -0.2) is 38.5 Å². The van der Waals surface area contributed by atoms with E-state index in [1.165, 1.54) is 36.6 Å². The first kappa shape index (κ1) is 25.9. The predicted molar refractivity (Wildman–Crippen MR) is 144 cm³/mol. The largest absolute Gasteiger partial charge is 0.496 e. The number of anilines is 1. The number of carbonyl (C=O) groups excluding carboxylic acids is 1. The summed E-state index contributed by atoms with van der Waals surface area (Å²) in [6, 6.07) is 22.1. The molecule has 37 heavy (non-hydrogen) atoms. The minimum Gasteiger partial charge on any atom is -0.496 e. The average Bonchev–Trinajstić information content (AvgIpc) is 3.31. The second-order valence-electron chi connectivity index (χ2n) is 9.28. The first-order valence-electron chi connectivity index (χ1n) is 11.5. The van der Waals surface area contributed by atoms with Gasteiger partial charge in [0.2, 0.25) is 5.91 Å². The number of aromatic nitrogens is 3. The van der Waals surface area contributed by atoms with Gasteiger partial charge in [0, 0.05) is 11.3 Å². The first-order chi connectivity index (χ1) is 17.7. The third-order valence-electron chi connectivity index (χ3n) is 5.66. The van der Waals surface area contributed by atoms with E-state index < -0.39 is 10.8 Å². The topological polar surface area (TPSA) is 112 Å².